The molecule has 0 aliphatic heterocycles. The highest BCUT2D eigenvalue weighted by Gasteiger charge is 2.10. The minimum Gasteiger partial charge on any atom is -0.388 e. The van der Waals surface area contributed by atoms with Crippen LogP contribution in [-0.2, 0) is 0 Å². The van der Waals surface area contributed by atoms with Crippen molar-refractivity contribution in [3.05, 3.63) is 35.0 Å². The fourth-order valence-electron chi connectivity index (χ4n) is 1.09. The van der Waals surface area contributed by atoms with Crippen molar-refractivity contribution in [2.45, 2.75) is 0 Å². The molecule has 0 spiro atoms. The molecule has 76 valence electrons. The van der Waals surface area contributed by atoms with Crippen LogP contribution in [0.3, 0.4) is 0 Å². The summed E-state index contributed by atoms with van der Waals surface area (Å²) in [6.45, 7) is 0. The molecule has 0 unspecified atom stereocenters. The lowest BCUT2D eigenvalue weighted by atomic mass is 10.4. The maximum absolute atomic E-state index is 5.53. The third-order valence-corrected chi connectivity index (χ3v) is 2.28. The molecular formula is C8H6BrN5S. The fourth-order valence-corrected chi connectivity index (χ4v) is 1.52. The van der Waals surface area contributed by atoms with Gasteiger partial charge in [0.25, 0.3) is 0 Å². The van der Waals surface area contributed by atoms with Gasteiger partial charge in [0.2, 0.25) is 0 Å². The molecule has 0 bridgehead atoms. The van der Waals surface area contributed by atoms with Gasteiger partial charge >= 0.3 is 0 Å². The zero-order valence-electron chi connectivity index (χ0n) is 7.46. The summed E-state index contributed by atoms with van der Waals surface area (Å²) in [5.74, 6) is 0.524. The summed E-state index contributed by atoms with van der Waals surface area (Å²) in [6.07, 6.45) is 6.51. The average molecular weight is 284 g/mol. The molecule has 0 radical (unpaired) electrons. The lowest BCUT2D eigenvalue weighted by Crippen LogP contribution is -2.16. The van der Waals surface area contributed by atoms with Gasteiger partial charge in [0.05, 0.1) is 10.7 Å². The van der Waals surface area contributed by atoms with Gasteiger partial charge in [-0.3, -0.25) is 0 Å². The van der Waals surface area contributed by atoms with Gasteiger partial charge in [-0.2, -0.15) is 5.10 Å². The first-order valence-electron chi connectivity index (χ1n) is 4.00. The monoisotopic (exact) mass is 283 g/mol. The van der Waals surface area contributed by atoms with Gasteiger partial charge in [-0.1, -0.05) is 12.2 Å². The number of thiocarbonyl (C=S) groups is 1. The van der Waals surface area contributed by atoms with Gasteiger partial charge in [0.15, 0.2) is 5.82 Å². The van der Waals surface area contributed by atoms with Crippen LogP contribution in [0, 0.1) is 0 Å². The zero-order chi connectivity index (χ0) is 10.8. The van der Waals surface area contributed by atoms with Crippen LogP contribution in [0.2, 0.25) is 0 Å². The van der Waals surface area contributed by atoms with Crippen LogP contribution in [0.4, 0.5) is 0 Å². The van der Waals surface area contributed by atoms with Gasteiger partial charge in [0.1, 0.15) is 10.7 Å². The number of rotatable bonds is 2. The van der Waals surface area contributed by atoms with Crippen LogP contribution < -0.4 is 5.73 Å². The van der Waals surface area contributed by atoms with Crippen molar-refractivity contribution in [2.75, 3.05) is 0 Å². The molecule has 0 saturated carbocycles. The molecule has 7 heteroatoms. The number of halogens is 1. The van der Waals surface area contributed by atoms with E-state index in [1.807, 2.05) is 0 Å². The van der Waals surface area contributed by atoms with Crippen molar-refractivity contribution >= 4 is 33.1 Å². The Balaban J connectivity index is 2.57. The highest BCUT2D eigenvalue weighted by atomic mass is 79.9. The normalized spacial score (nSPS) is 10.2. The second-order valence-corrected chi connectivity index (χ2v) is 4.05. The Labute approximate surface area is 99.5 Å². The fraction of sp³-hybridized carbons (Fsp3) is 0. The van der Waals surface area contributed by atoms with Crippen molar-refractivity contribution in [1.82, 2.24) is 19.7 Å². The van der Waals surface area contributed by atoms with E-state index in [1.54, 1.807) is 23.3 Å². The predicted octanol–water partition coefficient (Wildman–Crippen LogP) is 1.06. The molecule has 0 fully saturated rings. The molecule has 2 aromatic heterocycles. The van der Waals surface area contributed by atoms with Crippen molar-refractivity contribution in [2.24, 2.45) is 5.73 Å². The molecule has 5 nitrogen and oxygen atoms in total. The summed E-state index contributed by atoms with van der Waals surface area (Å²) in [4.78, 5) is 8.39. The van der Waals surface area contributed by atoms with E-state index in [0.29, 0.717) is 11.5 Å². The smallest absolute Gasteiger partial charge is 0.182 e. The molecule has 2 rings (SSSR count). The summed E-state index contributed by atoms with van der Waals surface area (Å²) in [6, 6.07) is 0. The largest absolute Gasteiger partial charge is 0.388 e. The minimum absolute atomic E-state index is 0.199. The third kappa shape index (κ3) is 2.02. The van der Waals surface area contributed by atoms with E-state index >= 15 is 0 Å². The van der Waals surface area contributed by atoms with Gasteiger partial charge < -0.3 is 5.73 Å². The average Bonchev–Trinajstić information content (AvgIpc) is 2.65. The van der Waals surface area contributed by atoms with Crippen molar-refractivity contribution in [1.29, 1.82) is 0 Å². The lowest BCUT2D eigenvalue weighted by molar-refractivity contribution is 0.834. The van der Waals surface area contributed by atoms with Gasteiger partial charge in [0, 0.05) is 18.6 Å². The summed E-state index contributed by atoms with van der Waals surface area (Å²) >= 11 is 8.17. The van der Waals surface area contributed by atoms with Crippen LogP contribution in [0.15, 0.2) is 29.3 Å². The Morgan fingerprint density at radius 2 is 2.13 bits per heavy atom. The Morgan fingerprint density at radius 1 is 1.40 bits per heavy atom. The molecule has 0 aliphatic carbocycles. The van der Waals surface area contributed by atoms with Crippen LogP contribution in [0.25, 0.3) is 5.82 Å². The second kappa shape index (κ2) is 4.03. The molecule has 0 atom stereocenters. The highest BCUT2D eigenvalue weighted by Crippen LogP contribution is 2.12. The summed E-state index contributed by atoms with van der Waals surface area (Å²) in [7, 11) is 0. The van der Waals surface area contributed by atoms with E-state index in [0.717, 1.165) is 4.47 Å². The molecule has 2 heterocycles. The Bertz CT molecular complexity index is 509. The van der Waals surface area contributed by atoms with E-state index < -0.39 is 0 Å². The zero-order valence-corrected chi connectivity index (χ0v) is 9.86. The van der Waals surface area contributed by atoms with E-state index in [-0.39, 0.29) is 4.99 Å². The van der Waals surface area contributed by atoms with Gasteiger partial charge in [-0.15, -0.1) is 0 Å². The maximum Gasteiger partial charge on any atom is 0.182 e. The van der Waals surface area contributed by atoms with E-state index in [4.69, 9.17) is 18.0 Å². The molecule has 0 aromatic carbocycles. The number of aromatic nitrogens is 4. The third-order valence-electron chi connectivity index (χ3n) is 1.68. The second-order valence-electron chi connectivity index (χ2n) is 2.70. The molecule has 2 aromatic rings. The van der Waals surface area contributed by atoms with E-state index in [9.17, 15) is 0 Å². The summed E-state index contributed by atoms with van der Waals surface area (Å²) in [5.41, 5.74) is 6.00. The van der Waals surface area contributed by atoms with Crippen molar-refractivity contribution in [3.8, 4) is 5.82 Å². The Morgan fingerprint density at radius 3 is 2.73 bits per heavy atom. The Kier molecular flexibility index (Phi) is 2.74. The predicted molar refractivity (Wildman–Crippen MR) is 62.7 cm³/mol. The first kappa shape index (κ1) is 10.2. The van der Waals surface area contributed by atoms with E-state index in [2.05, 4.69) is 31.0 Å². The Hall–Kier alpha value is -1.34. The van der Waals surface area contributed by atoms with E-state index in [1.165, 1.54) is 6.20 Å². The highest BCUT2D eigenvalue weighted by molar-refractivity contribution is 9.10. The number of nitrogens with two attached hydrogens (primary N) is 1. The topological polar surface area (TPSA) is 69.6 Å². The van der Waals surface area contributed by atoms with Gasteiger partial charge in [-0.25, -0.2) is 14.6 Å². The molecule has 0 saturated heterocycles. The quantitative estimate of drug-likeness (QED) is 0.835. The van der Waals surface area contributed by atoms with Crippen molar-refractivity contribution < 1.29 is 0 Å². The molecule has 0 aliphatic rings. The maximum atomic E-state index is 5.53. The molecule has 15 heavy (non-hydrogen) atoms. The van der Waals surface area contributed by atoms with Crippen molar-refractivity contribution in [3.63, 3.8) is 0 Å². The van der Waals surface area contributed by atoms with Crippen LogP contribution in [0.5, 0.6) is 0 Å². The summed E-state index contributed by atoms with van der Waals surface area (Å²) < 4.78 is 2.41. The SMILES string of the molecule is NC(=S)c1nccnc1-n1cc(Br)cn1. The first-order chi connectivity index (χ1) is 7.18. The molecular weight excluding hydrogens is 278 g/mol. The standard InChI is InChI=1S/C8H6BrN5S/c9-5-3-13-14(4-5)8-6(7(10)15)11-1-2-12-8/h1-4H,(H2,10,15). The first-order valence-corrected chi connectivity index (χ1v) is 5.20. The number of nitrogens with zero attached hydrogens (tertiary/aromatic N) is 4. The molecule has 2 N–H and O–H groups in total. The lowest BCUT2D eigenvalue weighted by Gasteiger charge is -2.04. The molecule has 0 amide bonds. The van der Waals surface area contributed by atoms with Crippen LogP contribution in [0.1, 0.15) is 5.69 Å². The number of hydrogen-bond donors (Lipinski definition) is 1. The van der Waals surface area contributed by atoms with Crippen LogP contribution >= 0.6 is 28.1 Å². The van der Waals surface area contributed by atoms with Crippen LogP contribution in [-0.4, -0.2) is 24.7 Å². The minimum atomic E-state index is 0.199. The van der Waals surface area contributed by atoms with Gasteiger partial charge in [-0.05, 0) is 15.9 Å². The summed E-state index contributed by atoms with van der Waals surface area (Å²) in [5, 5.41) is 4.08. The number of hydrogen-bond acceptors (Lipinski definition) is 4.